The minimum absolute atomic E-state index is 0.0582. The summed E-state index contributed by atoms with van der Waals surface area (Å²) in [5.41, 5.74) is 2.12. The molecular weight excluding hydrogens is 318 g/mol. The number of hydrogen-bond donors (Lipinski definition) is 1. The molecule has 2 unspecified atom stereocenters. The van der Waals surface area contributed by atoms with Crippen molar-refractivity contribution in [3.63, 3.8) is 0 Å². The van der Waals surface area contributed by atoms with E-state index in [0.717, 1.165) is 28.7 Å². The number of anilines is 1. The molecule has 20 heavy (non-hydrogen) atoms. The Balaban J connectivity index is 2.36. The van der Waals surface area contributed by atoms with Gasteiger partial charge in [-0.15, -0.1) is 0 Å². The van der Waals surface area contributed by atoms with Crippen LogP contribution in [0.4, 0.5) is 5.69 Å². The lowest BCUT2D eigenvalue weighted by Gasteiger charge is -2.29. The fourth-order valence-corrected chi connectivity index (χ4v) is 2.69. The van der Waals surface area contributed by atoms with Gasteiger partial charge < -0.3 is 10.2 Å². The predicted octanol–water partition coefficient (Wildman–Crippen LogP) is 2.75. The first-order chi connectivity index (χ1) is 9.52. The van der Waals surface area contributed by atoms with Crippen molar-refractivity contribution < 1.29 is 4.79 Å². The van der Waals surface area contributed by atoms with E-state index in [9.17, 15) is 4.79 Å². The standard InChI is InChI=1S/C15H18BrN3O/c1-10-9-12(3-4-13(10)16)19-8-6-11(2)18-15(20)14(19)5-7-17/h3-4,9,11,14H,5-6,8H2,1-2H3,(H,18,20). The molecule has 4 nitrogen and oxygen atoms in total. The Kier molecular flexibility index (Phi) is 4.66. The number of nitriles is 1. The Labute approximate surface area is 127 Å². The lowest BCUT2D eigenvalue weighted by molar-refractivity contribution is -0.122. The van der Waals surface area contributed by atoms with Crippen LogP contribution in [0.1, 0.15) is 25.3 Å². The molecular formula is C15H18BrN3O. The van der Waals surface area contributed by atoms with Crippen molar-refractivity contribution in [1.82, 2.24) is 5.32 Å². The number of halogens is 1. The monoisotopic (exact) mass is 335 g/mol. The van der Waals surface area contributed by atoms with Crippen LogP contribution >= 0.6 is 15.9 Å². The van der Waals surface area contributed by atoms with E-state index in [1.54, 1.807) is 0 Å². The van der Waals surface area contributed by atoms with Gasteiger partial charge in [0, 0.05) is 22.7 Å². The Morgan fingerprint density at radius 2 is 2.30 bits per heavy atom. The second-order valence-electron chi connectivity index (χ2n) is 5.20. The maximum absolute atomic E-state index is 12.2. The first-order valence-electron chi connectivity index (χ1n) is 6.73. The first-order valence-corrected chi connectivity index (χ1v) is 7.52. The van der Waals surface area contributed by atoms with Gasteiger partial charge in [-0.25, -0.2) is 0 Å². The molecule has 0 saturated carbocycles. The molecule has 1 saturated heterocycles. The Morgan fingerprint density at radius 3 is 2.95 bits per heavy atom. The highest BCUT2D eigenvalue weighted by atomic mass is 79.9. The Hall–Kier alpha value is -1.54. The molecule has 0 spiro atoms. The number of aryl methyl sites for hydroxylation is 1. The van der Waals surface area contributed by atoms with Gasteiger partial charge in [0.1, 0.15) is 6.04 Å². The van der Waals surface area contributed by atoms with Gasteiger partial charge in [0.05, 0.1) is 12.5 Å². The fourth-order valence-electron chi connectivity index (χ4n) is 2.45. The average molecular weight is 336 g/mol. The van der Waals surface area contributed by atoms with Crippen LogP contribution in [0.3, 0.4) is 0 Å². The molecule has 2 rings (SSSR count). The van der Waals surface area contributed by atoms with Gasteiger partial charge >= 0.3 is 0 Å². The number of amides is 1. The van der Waals surface area contributed by atoms with Crippen molar-refractivity contribution in [1.29, 1.82) is 5.26 Å². The largest absolute Gasteiger partial charge is 0.359 e. The third-order valence-electron chi connectivity index (χ3n) is 3.63. The van der Waals surface area contributed by atoms with Crippen molar-refractivity contribution >= 4 is 27.5 Å². The average Bonchev–Trinajstić information content (AvgIpc) is 2.54. The molecule has 0 aromatic heterocycles. The summed E-state index contributed by atoms with van der Waals surface area (Å²) >= 11 is 3.49. The zero-order valence-corrected chi connectivity index (χ0v) is 13.3. The molecule has 1 aromatic carbocycles. The zero-order valence-electron chi connectivity index (χ0n) is 11.7. The number of carbonyl (C=O) groups is 1. The number of rotatable bonds is 2. The van der Waals surface area contributed by atoms with Gasteiger partial charge in [0.15, 0.2) is 0 Å². The molecule has 1 fully saturated rings. The summed E-state index contributed by atoms with van der Waals surface area (Å²) in [6.45, 7) is 4.79. The lowest BCUT2D eigenvalue weighted by Crippen LogP contribution is -2.45. The molecule has 1 aromatic rings. The van der Waals surface area contributed by atoms with E-state index in [1.165, 1.54) is 0 Å². The number of carbonyl (C=O) groups excluding carboxylic acids is 1. The van der Waals surface area contributed by atoms with Crippen LogP contribution in [-0.2, 0) is 4.79 Å². The number of benzene rings is 1. The van der Waals surface area contributed by atoms with Gasteiger partial charge in [-0.2, -0.15) is 5.26 Å². The highest BCUT2D eigenvalue weighted by Crippen LogP contribution is 2.26. The maximum Gasteiger partial charge on any atom is 0.243 e. The summed E-state index contributed by atoms with van der Waals surface area (Å²) in [6.07, 6.45) is 1.08. The van der Waals surface area contributed by atoms with E-state index >= 15 is 0 Å². The second-order valence-corrected chi connectivity index (χ2v) is 6.06. The molecule has 1 amide bonds. The van der Waals surface area contributed by atoms with Gasteiger partial charge in [0.2, 0.25) is 5.91 Å². The molecule has 1 aliphatic rings. The van der Waals surface area contributed by atoms with Crippen LogP contribution in [0.2, 0.25) is 0 Å². The van der Waals surface area contributed by atoms with Crippen LogP contribution in [-0.4, -0.2) is 24.5 Å². The van der Waals surface area contributed by atoms with Gasteiger partial charge in [0.25, 0.3) is 0 Å². The molecule has 5 heteroatoms. The molecule has 0 aliphatic carbocycles. The molecule has 1 aliphatic heterocycles. The van der Waals surface area contributed by atoms with Gasteiger partial charge in [-0.3, -0.25) is 4.79 Å². The number of nitrogens with zero attached hydrogens (tertiary/aromatic N) is 2. The topological polar surface area (TPSA) is 56.1 Å². The van der Waals surface area contributed by atoms with Crippen LogP contribution in [0.5, 0.6) is 0 Å². The zero-order chi connectivity index (χ0) is 14.7. The third-order valence-corrected chi connectivity index (χ3v) is 4.52. The summed E-state index contributed by atoms with van der Waals surface area (Å²) in [6, 6.07) is 7.89. The number of hydrogen-bond acceptors (Lipinski definition) is 3. The highest BCUT2D eigenvalue weighted by molar-refractivity contribution is 9.10. The minimum Gasteiger partial charge on any atom is -0.359 e. The summed E-state index contributed by atoms with van der Waals surface area (Å²) in [5.74, 6) is -0.0582. The summed E-state index contributed by atoms with van der Waals surface area (Å²) < 4.78 is 1.05. The van der Waals surface area contributed by atoms with Crippen LogP contribution < -0.4 is 10.2 Å². The van der Waals surface area contributed by atoms with Crippen LogP contribution in [0, 0.1) is 18.3 Å². The van der Waals surface area contributed by atoms with Gasteiger partial charge in [-0.05, 0) is 44.0 Å². The van der Waals surface area contributed by atoms with Crippen molar-refractivity contribution in [3.8, 4) is 6.07 Å². The summed E-state index contributed by atoms with van der Waals surface area (Å²) in [7, 11) is 0. The Bertz CT molecular complexity index is 553. The Morgan fingerprint density at radius 1 is 1.55 bits per heavy atom. The van der Waals surface area contributed by atoms with Gasteiger partial charge in [-0.1, -0.05) is 15.9 Å². The quantitative estimate of drug-likeness (QED) is 0.904. The molecule has 106 valence electrons. The van der Waals surface area contributed by atoms with E-state index in [0.29, 0.717) is 0 Å². The van der Waals surface area contributed by atoms with E-state index < -0.39 is 6.04 Å². The normalized spacial score (nSPS) is 22.9. The maximum atomic E-state index is 12.2. The summed E-state index contributed by atoms with van der Waals surface area (Å²) in [5, 5.41) is 12.0. The van der Waals surface area contributed by atoms with Crippen LogP contribution in [0.25, 0.3) is 0 Å². The van der Waals surface area contributed by atoms with Crippen molar-refractivity contribution in [2.45, 2.75) is 38.8 Å². The smallest absolute Gasteiger partial charge is 0.243 e. The van der Waals surface area contributed by atoms with Crippen molar-refractivity contribution in [3.05, 3.63) is 28.2 Å². The van der Waals surface area contributed by atoms with E-state index in [-0.39, 0.29) is 18.4 Å². The molecule has 1 heterocycles. The predicted molar refractivity (Wildman–Crippen MR) is 82.5 cm³/mol. The van der Waals surface area contributed by atoms with Crippen molar-refractivity contribution in [2.24, 2.45) is 0 Å². The second kappa shape index (κ2) is 6.27. The number of nitrogens with one attached hydrogen (secondary N) is 1. The van der Waals surface area contributed by atoms with E-state index in [4.69, 9.17) is 5.26 Å². The minimum atomic E-state index is -0.412. The third kappa shape index (κ3) is 3.13. The van der Waals surface area contributed by atoms with E-state index in [2.05, 4.69) is 33.4 Å². The summed E-state index contributed by atoms with van der Waals surface area (Å²) in [4.78, 5) is 14.3. The highest BCUT2D eigenvalue weighted by Gasteiger charge is 2.30. The SMILES string of the molecule is Cc1cc(N2CCC(C)NC(=O)C2CC#N)ccc1Br. The molecule has 1 N–H and O–H groups in total. The fraction of sp³-hybridized carbons (Fsp3) is 0.467. The van der Waals surface area contributed by atoms with E-state index in [1.807, 2.05) is 30.9 Å². The molecule has 0 radical (unpaired) electrons. The lowest BCUT2D eigenvalue weighted by atomic mass is 10.1. The first kappa shape index (κ1) is 14.9. The van der Waals surface area contributed by atoms with Crippen LogP contribution in [0.15, 0.2) is 22.7 Å². The molecule has 2 atom stereocenters. The van der Waals surface area contributed by atoms with Crippen molar-refractivity contribution in [2.75, 3.05) is 11.4 Å². The molecule has 0 bridgehead atoms.